The molecule has 1 aromatic carbocycles. The van der Waals surface area contributed by atoms with E-state index in [0.717, 1.165) is 6.42 Å². The molecule has 5 nitrogen and oxygen atoms in total. The Morgan fingerprint density at radius 2 is 2.00 bits per heavy atom. The van der Waals surface area contributed by atoms with E-state index in [1.807, 2.05) is 30.3 Å². The van der Waals surface area contributed by atoms with Crippen LogP contribution in [0.4, 0.5) is 0 Å². The van der Waals surface area contributed by atoms with Gasteiger partial charge < -0.3 is 4.74 Å². The van der Waals surface area contributed by atoms with Crippen LogP contribution in [0.3, 0.4) is 0 Å². The molecule has 6 heteroatoms. The first-order valence-corrected chi connectivity index (χ1v) is 8.49. The molecule has 1 N–H and O–H groups in total. The lowest BCUT2D eigenvalue weighted by atomic mass is 9.94. The summed E-state index contributed by atoms with van der Waals surface area (Å²) < 4.78 is 4.74. The monoisotopic (exact) mass is 333 g/mol. The van der Waals surface area contributed by atoms with Gasteiger partial charge in [0.25, 0.3) is 0 Å². The summed E-state index contributed by atoms with van der Waals surface area (Å²) in [6.45, 7) is 1.40. The topological polar surface area (TPSA) is 72.5 Å². The van der Waals surface area contributed by atoms with E-state index in [2.05, 4.69) is 5.32 Å². The van der Waals surface area contributed by atoms with Crippen LogP contribution in [0.25, 0.3) is 0 Å². The molecule has 2 aliphatic heterocycles. The maximum Gasteiger partial charge on any atom is 0.317 e. The van der Waals surface area contributed by atoms with Gasteiger partial charge >= 0.3 is 5.97 Å². The third-order valence-electron chi connectivity index (χ3n) is 4.54. The normalized spacial score (nSPS) is 30.0. The van der Waals surface area contributed by atoms with Crippen LogP contribution in [0, 0.1) is 5.92 Å². The first kappa shape index (κ1) is 16.2. The predicted molar refractivity (Wildman–Crippen MR) is 87.2 cm³/mol. The van der Waals surface area contributed by atoms with Crippen molar-refractivity contribution in [2.45, 2.75) is 35.9 Å². The lowest BCUT2D eigenvalue weighted by molar-refractivity contribution is -0.150. The van der Waals surface area contributed by atoms with Crippen LogP contribution in [-0.4, -0.2) is 40.8 Å². The van der Waals surface area contributed by atoms with Gasteiger partial charge in [-0.25, -0.2) is 0 Å². The number of nitrogens with one attached hydrogen (secondary N) is 1. The zero-order valence-corrected chi connectivity index (χ0v) is 13.9. The number of carbonyl (C=O) groups is 3. The zero-order valence-electron chi connectivity index (χ0n) is 13.1. The molecule has 23 heavy (non-hydrogen) atoms. The van der Waals surface area contributed by atoms with Crippen LogP contribution >= 0.6 is 11.8 Å². The molecule has 0 aromatic heterocycles. The smallest absolute Gasteiger partial charge is 0.317 e. The van der Waals surface area contributed by atoms with Crippen LogP contribution in [0.2, 0.25) is 0 Å². The summed E-state index contributed by atoms with van der Waals surface area (Å²) in [7, 11) is 1.29. The SMILES string of the molecule is COC(=O)C(C(C)=O)C1CCC2(N1)SC2C(=O)c1ccccc1. The molecule has 3 rings (SSSR count). The Hall–Kier alpha value is -1.66. The minimum absolute atomic E-state index is 0.0983. The molecule has 0 aliphatic carbocycles. The number of carbonyl (C=O) groups excluding carboxylic acids is 3. The van der Waals surface area contributed by atoms with E-state index in [-0.39, 0.29) is 27.7 Å². The summed E-state index contributed by atoms with van der Waals surface area (Å²) in [5.74, 6) is -1.42. The lowest BCUT2D eigenvalue weighted by Gasteiger charge is -2.20. The zero-order chi connectivity index (χ0) is 16.6. The van der Waals surface area contributed by atoms with Crippen molar-refractivity contribution in [1.82, 2.24) is 5.32 Å². The summed E-state index contributed by atoms with van der Waals surface area (Å²) in [4.78, 5) is 35.9. The fraction of sp³-hybridized carbons (Fsp3) is 0.471. The second-order valence-electron chi connectivity index (χ2n) is 6.02. The molecular weight excluding hydrogens is 314 g/mol. The van der Waals surface area contributed by atoms with E-state index < -0.39 is 11.9 Å². The van der Waals surface area contributed by atoms with Crippen molar-refractivity contribution in [2.75, 3.05) is 7.11 Å². The van der Waals surface area contributed by atoms with Gasteiger partial charge in [0.15, 0.2) is 5.78 Å². The molecule has 2 heterocycles. The molecular formula is C17H19NO4S. The molecule has 4 atom stereocenters. The third-order valence-corrected chi connectivity index (χ3v) is 6.12. The van der Waals surface area contributed by atoms with E-state index in [4.69, 9.17) is 4.74 Å². The number of ketones is 2. The number of Topliss-reactive ketones (excluding diaryl/α,β-unsaturated/α-hetero) is 2. The largest absolute Gasteiger partial charge is 0.468 e. The van der Waals surface area contributed by atoms with Gasteiger partial charge in [-0.15, -0.1) is 11.8 Å². The Balaban J connectivity index is 1.70. The Bertz CT molecular complexity index is 647. The van der Waals surface area contributed by atoms with Crippen LogP contribution in [0.1, 0.15) is 30.1 Å². The summed E-state index contributed by atoms with van der Waals surface area (Å²) in [5, 5.41) is 3.21. The molecule has 0 amide bonds. The molecule has 122 valence electrons. The standard InChI is InChI=1S/C17H19NO4S/c1-10(19)13(16(21)22-2)12-8-9-17(18-12)15(23-17)14(20)11-6-4-3-5-7-11/h3-7,12-13,15,18H,8-9H2,1-2H3. The fourth-order valence-corrected chi connectivity index (χ4v) is 4.66. The van der Waals surface area contributed by atoms with Crippen molar-refractivity contribution in [3.63, 3.8) is 0 Å². The maximum atomic E-state index is 12.5. The van der Waals surface area contributed by atoms with Crippen molar-refractivity contribution in [1.29, 1.82) is 0 Å². The summed E-state index contributed by atoms with van der Waals surface area (Å²) in [6.07, 6.45) is 1.46. The highest BCUT2D eigenvalue weighted by Gasteiger charge is 2.63. The number of rotatable bonds is 5. The van der Waals surface area contributed by atoms with Crippen molar-refractivity contribution in [2.24, 2.45) is 5.92 Å². The Morgan fingerprint density at radius 1 is 1.30 bits per heavy atom. The van der Waals surface area contributed by atoms with Crippen LogP contribution in [0.5, 0.6) is 0 Å². The molecule has 4 unspecified atom stereocenters. The third kappa shape index (κ3) is 2.93. The highest BCUT2D eigenvalue weighted by atomic mass is 32.2. The predicted octanol–water partition coefficient (Wildman–Crippen LogP) is 1.81. The van der Waals surface area contributed by atoms with Crippen LogP contribution < -0.4 is 5.32 Å². The molecule has 2 aliphatic rings. The van der Waals surface area contributed by atoms with E-state index >= 15 is 0 Å². The van der Waals surface area contributed by atoms with Gasteiger partial charge in [-0.1, -0.05) is 30.3 Å². The lowest BCUT2D eigenvalue weighted by Crippen LogP contribution is -2.44. The van der Waals surface area contributed by atoms with Crippen LogP contribution in [-0.2, 0) is 14.3 Å². The molecule has 1 aromatic rings. The average Bonchev–Trinajstić information content (AvgIpc) is 3.10. The van der Waals surface area contributed by atoms with E-state index in [1.54, 1.807) is 11.8 Å². The minimum atomic E-state index is -0.798. The Morgan fingerprint density at radius 3 is 2.61 bits per heavy atom. The average molecular weight is 333 g/mol. The summed E-state index contributed by atoms with van der Waals surface area (Å²) in [6, 6.07) is 8.94. The second-order valence-corrected chi connectivity index (χ2v) is 7.45. The Kier molecular flexibility index (Phi) is 4.29. The van der Waals surface area contributed by atoms with Gasteiger partial charge in [-0.3, -0.25) is 19.7 Å². The number of hydrogen-bond donors (Lipinski definition) is 1. The van der Waals surface area contributed by atoms with Gasteiger partial charge in [0.1, 0.15) is 11.7 Å². The first-order chi connectivity index (χ1) is 11.0. The van der Waals surface area contributed by atoms with E-state index in [9.17, 15) is 14.4 Å². The summed E-state index contributed by atoms with van der Waals surface area (Å²) in [5.41, 5.74) is 0.697. The van der Waals surface area contributed by atoms with Crippen molar-refractivity contribution in [3.05, 3.63) is 35.9 Å². The van der Waals surface area contributed by atoms with Crippen LogP contribution in [0.15, 0.2) is 30.3 Å². The molecule has 0 saturated carbocycles. The Labute approximate surface area is 139 Å². The van der Waals surface area contributed by atoms with Gasteiger partial charge in [0.2, 0.25) is 0 Å². The number of benzene rings is 1. The number of esters is 1. The number of thioether (sulfide) groups is 1. The molecule has 2 fully saturated rings. The van der Waals surface area contributed by atoms with Crippen molar-refractivity contribution in [3.8, 4) is 0 Å². The molecule has 0 bridgehead atoms. The van der Waals surface area contributed by atoms with E-state index in [1.165, 1.54) is 14.0 Å². The molecule has 2 saturated heterocycles. The second kappa shape index (κ2) is 6.09. The van der Waals surface area contributed by atoms with Gasteiger partial charge in [0, 0.05) is 11.6 Å². The first-order valence-electron chi connectivity index (χ1n) is 7.61. The number of ether oxygens (including phenoxy) is 1. The maximum absolute atomic E-state index is 12.5. The van der Waals surface area contributed by atoms with Gasteiger partial charge in [-0.05, 0) is 19.8 Å². The quantitative estimate of drug-likeness (QED) is 0.383. The number of hydrogen-bond acceptors (Lipinski definition) is 6. The highest BCUT2D eigenvalue weighted by Crippen LogP contribution is 2.59. The fourth-order valence-electron chi connectivity index (χ4n) is 3.31. The molecule has 0 radical (unpaired) electrons. The van der Waals surface area contributed by atoms with Crippen molar-refractivity contribution >= 4 is 29.3 Å². The van der Waals surface area contributed by atoms with E-state index in [0.29, 0.717) is 12.0 Å². The molecule has 1 spiro atoms. The minimum Gasteiger partial charge on any atom is -0.468 e. The van der Waals surface area contributed by atoms with Gasteiger partial charge in [-0.2, -0.15) is 0 Å². The number of methoxy groups -OCH3 is 1. The summed E-state index contributed by atoms with van der Waals surface area (Å²) >= 11 is 1.58. The van der Waals surface area contributed by atoms with Gasteiger partial charge in [0.05, 0.1) is 17.2 Å². The highest BCUT2D eigenvalue weighted by molar-refractivity contribution is 8.09. The van der Waals surface area contributed by atoms with Crippen molar-refractivity contribution < 1.29 is 19.1 Å².